The Bertz CT molecular complexity index is 1020. The predicted octanol–water partition coefficient (Wildman–Crippen LogP) is 4.63. The molecule has 3 aromatic rings. The van der Waals surface area contributed by atoms with E-state index in [-0.39, 0.29) is 17.5 Å². The molecule has 0 bridgehead atoms. The second-order valence-corrected chi connectivity index (χ2v) is 6.82. The van der Waals surface area contributed by atoms with Gasteiger partial charge in [0.15, 0.2) is 11.5 Å². The maximum absolute atomic E-state index is 12.6. The van der Waals surface area contributed by atoms with E-state index in [1.165, 1.54) is 0 Å². The Morgan fingerprint density at radius 1 is 1.07 bits per heavy atom. The smallest absolute Gasteiger partial charge is 0.291 e. The van der Waals surface area contributed by atoms with E-state index in [2.05, 4.69) is 10.3 Å². The number of nitrogens with one attached hydrogen (secondary N) is 1. The summed E-state index contributed by atoms with van der Waals surface area (Å²) in [5.41, 5.74) is 3.52. The molecule has 1 aliphatic carbocycles. The normalized spacial score (nSPS) is 13.5. The van der Waals surface area contributed by atoms with Gasteiger partial charge >= 0.3 is 0 Å². The number of rotatable bonds is 3. The number of benzene rings is 1. The summed E-state index contributed by atoms with van der Waals surface area (Å²) in [6, 6.07) is 7.24. The minimum absolute atomic E-state index is 0.0532. The molecular weight excluding hydrogens is 344 g/mol. The topological polar surface area (TPSA) is 85.3 Å². The van der Waals surface area contributed by atoms with Crippen LogP contribution >= 0.6 is 0 Å². The molecule has 0 fully saturated rings. The van der Waals surface area contributed by atoms with E-state index in [1.807, 2.05) is 26.0 Å². The van der Waals surface area contributed by atoms with Crippen LogP contribution in [0.25, 0.3) is 11.5 Å². The zero-order valence-corrected chi connectivity index (χ0v) is 15.5. The highest BCUT2D eigenvalue weighted by Gasteiger charge is 2.28. The molecule has 27 heavy (non-hydrogen) atoms. The molecule has 2 aromatic heterocycles. The van der Waals surface area contributed by atoms with E-state index in [0.717, 1.165) is 23.4 Å². The summed E-state index contributed by atoms with van der Waals surface area (Å²) in [4.78, 5) is 29.1. The van der Waals surface area contributed by atoms with Gasteiger partial charge in [0.25, 0.3) is 5.91 Å². The minimum Gasteiger partial charge on any atom is -0.455 e. The Hall–Kier alpha value is -3.15. The summed E-state index contributed by atoms with van der Waals surface area (Å²) >= 11 is 0. The number of aryl methyl sites for hydroxylation is 3. The second kappa shape index (κ2) is 6.54. The Balaban J connectivity index is 1.54. The SMILES string of the molecule is Cc1nc(-c2ccc(NC(=O)c3oc4c(c3C)C(=O)CCC4)cc2)oc1C. The van der Waals surface area contributed by atoms with Crippen LogP contribution in [0.5, 0.6) is 0 Å². The van der Waals surface area contributed by atoms with Crippen molar-refractivity contribution in [2.24, 2.45) is 0 Å². The van der Waals surface area contributed by atoms with Crippen molar-refractivity contribution in [3.63, 3.8) is 0 Å². The van der Waals surface area contributed by atoms with Crippen LogP contribution in [0.2, 0.25) is 0 Å². The van der Waals surface area contributed by atoms with Gasteiger partial charge in [-0.2, -0.15) is 0 Å². The van der Waals surface area contributed by atoms with Gasteiger partial charge in [0, 0.05) is 29.7 Å². The summed E-state index contributed by atoms with van der Waals surface area (Å²) in [5, 5.41) is 2.82. The third-order valence-corrected chi connectivity index (χ3v) is 4.93. The van der Waals surface area contributed by atoms with Crippen LogP contribution in [0, 0.1) is 20.8 Å². The molecule has 138 valence electrons. The van der Waals surface area contributed by atoms with E-state index in [4.69, 9.17) is 8.83 Å². The first-order valence-corrected chi connectivity index (χ1v) is 8.95. The highest BCUT2D eigenvalue weighted by atomic mass is 16.4. The summed E-state index contributed by atoms with van der Waals surface area (Å²) in [5.74, 6) is 1.87. The van der Waals surface area contributed by atoms with Crippen molar-refractivity contribution in [2.45, 2.75) is 40.0 Å². The highest BCUT2D eigenvalue weighted by Crippen LogP contribution is 2.30. The Labute approximate surface area is 156 Å². The van der Waals surface area contributed by atoms with Crippen LogP contribution in [0.1, 0.15) is 56.5 Å². The van der Waals surface area contributed by atoms with Crippen molar-refractivity contribution in [1.29, 1.82) is 0 Å². The maximum Gasteiger partial charge on any atom is 0.291 e. The molecule has 0 atom stereocenters. The van der Waals surface area contributed by atoms with Gasteiger partial charge in [-0.15, -0.1) is 0 Å². The molecule has 6 nitrogen and oxygen atoms in total. The predicted molar refractivity (Wildman–Crippen MR) is 100 cm³/mol. The van der Waals surface area contributed by atoms with Gasteiger partial charge in [0.1, 0.15) is 11.5 Å². The molecule has 4 rings (SSSR count). The van der Waals surface area contributed by atoms with Gasteiger partial charge < -0.3 is 14.2 Å². The zero-order chi connectivity index (χ0) is 19.1. The van der Waals surface area contributed by atoms with Crippen LogP contribution in [0.15, 0.2) is 33.1 Å². The standard InChI is InChI=1S/C21H20N2O4/c1-11-18-16(24)5-4-6-17(18)27-19(11)20(25)23-15-9-7-14(8-10-15)21-22-12(2)13(3)26-21/h7-10H,4-6H2,1-3H3,(H,23,25). The number of amides is 1. The molecule has 1 amide bonds. The molecule has 1 aliphatic rings. The van der Waals surface area contributed by atoms with Crippen molar-refractivity contribution < 1.29 is 18.4 Å². The van der Waals surface area contributed by atoms with Gasteiger partial charge in [-0.3, -0.25) is 9.59 Å². The number of furan rings is 1. The summed E-state index contributed by atoms with van der Waals surface area (Å²) in [6.07, 6.45) is 1.97. The van der Waals surface area contributed by atoms with Crippen molar-refractivity contribution in [2.75, 3.05) is 5.32 Å². The fourth-order valence-electron chi connectivity index (χ4n) is 3.35. The third kappa shape index (κ3) is 3.07. The average molecular weight is 364 g/mol. The largest absolute Gasteiger partial charge is 0.455 e. The number of carbonyl (C=O) groups excluding carboxylic acids is 2. The molecule has 6 heteroatoms. The fraction of sp³-hybridized carbons (Fsp3) is 0.286. The van der Waals surface area contributed by atoms with E-state index in [9.17, 15) is 9.59 Å². The molecule has 0 saturated carbocycles. The van der Waals surface area contributed by atoms with E-state index < -0.39 is 0 Å². The monoisotopic (exact) mass is 364 g/mol. The van der Waals surface area contributed by atoms with Gasteiger partial charge in [0.2, 0.25) is 5.89 Å². The number of nitrogens with zero attached hydrogens (tertiary/aromatic N) is 1. The molecule has 2 heterocycles. The van der Waals surface area contributed by atoms with Crippen molar-refractivity contribution >= 4 is 17.4 Å². The number of hydrogen-bond acceptors (Lipinski definition) is 5. The van der Waals surface area contributed by atoms with E-state index in [1.54, 1.807) is 19.1 Å². The molecule has 0 radical (unpaired) electrons. The molecule has 1 aromatic carbocycles. The summed E-state index contributed by atoms with van der Waals surface area (Å²) in [7, 11) is 0. The molecule has 1 N–H and O–H groups in total. The van der Waals surface area contributed by atoms with Crippen LogP contribution in [0.3, 0.4) is 0 Å². The number of Topliss-reactive ketones (excluding diaryl/α,β-unsaturated/α-hetero) is 1. The summed E-state index contributed by atoms with van der Waals surface area (Å²) < 4.78 is 11.3. The average Bonchev–Trinajstić information content (AvgIpc) is 3.16. The first-order valence-electron chi connectivity index (χ1n) is 8.95. The lowest BCUT2D eigenvalue weighted by atomic mass is 9.94. The van der Waals surface area contributed by atoms with Crippen molar-refractivity contribution in [1.82, 2.24) is 4.98 Å². The quantitative estimate of drug-likeness (QED) is 0.732. The Kier molecular flexibility index (Phi) is 4.18. The first kappa shape index (κ1) is 17.3. The number of ketones is 1. The number of hydrogen-bond donors (Lipinski definition) is 1. The fourth-order valence-corrected chi connectivity index (χ4v) is 3.35. The van der Waals surface area contributed by atoms with Crippen molar-refractivity contribution in [3.05, 3.63) is 58.4 Å². The molecule has 0 aliphatic heterocycles. The Morgan fingerprint density at radius 3 is 2.44 bits per heavy atom. The first-order chi connectivity index (χ1) is 12.9. The number of oxazole rings is 1. The lowest BCUT2D eigenvalue weighted by molar-refractivity contribution is 0.0963. The van der Waals surface area contributed by atoms with E-state index >= 15 is 0 Å². The minimum atomic E-state index is -0.356. The molecule has 0 saturated heterocycles. The summed E-state index contributed by atoms with van der Waals surface area (Å²) in [6.45, 7) is 5.53. The highest BCUT2D eigenvalue weighted by molar-refractivity contribution is 6.07. The van der Waals surface area contributed by atoms with Crippen LogP contribution in [-0.2, 0) is 6.42 Å². The van der Waals surface area contributed by atoms with Gasteiger partial charge in [-0.25, -0.2) is 4.98 Å². The number of aromatic nitrogens is 1. The number of fused-ring (bicyclic) bond motifs is 1. The van der Waals surface area contributed by atoms with Crippen LogP contribution in [0.4, 0.5) is 5.69 Å². The Morgan fingerprint density at radius 2 is 1.81 bits per heavy atom. The molecule has 0 unspecified atom stereocenters. The number of carbonyl (C=O) groups is 2. The molecule has 0 spiro atoms. The third-order valence-electron chi connectivity index (χ3n) is 4.93. The van der Waals surface area contributed by atoms with Crippen LogP contribution < -0.4 is 5.32 Å². The van der Waals surface area contributed by atoms with Crippen molar-refractivity contribution in [3.8, 4) is 11.5 Å². The van der Waals surface area contributed by atoms with Gasteiger partial charge in [-0.05, 0) is 51.5 Å². The van der Waals surface area contributed by atoms with Gasteiger partial charge in [-0.1, -0.05) is 0 Å². The maximum atomic E-state index is 12.6. The number of anilines is 1. The molecular formula is C21H20N2O4. The van der Waals surface area contributed by atoms with Gasteiger partial charge in [0.05, 0.1) is 11.3 Å². The lowest BCUT2D eigenvalue weighted by Crippen LogP contribution is -2.13. The van der Waals surface area contributed by atoms with Crippen LogP contribution in [-0.4, -0.2) is 16.7 Å². The second-order valence-electron chi connectivity index (χ2n) is 6.82. The zero-order valence-electron chi connectivity index (χ0n) is 15.5. The lowest BCUT2D eigenvalue weighted by Gasteiger charge is -2.07. The van der Waals surface area contributed by atoms with E-state index in [0.29, 0.717) is 41.3 Å².